The lowest BCUT2D eigenvalue weighted by atomic mass is 10.1. The number of nitrogen functional groups attached to an aromatic ring is 1. The number of pyridine rings is 1. The van der Waals surface area contributed by atoms with Gasteiger partial charge in [-0.15, -0.1) is 0 Å². The zero-order valence-electron chi connectivity index (χ0n) is 11.1. The number of hydrogen-bond donors (Lipinski definition) is 1. The van der Waals surface area contributed by atoms with Crippen LogP contribution in [0.25, 0.3) is 11.3 Å². The third-order valence-corrected chi connectivity index (χ3v) is 3.96. The molecular formula is C15H20N4. The summed E-state index contributed by atoms with van der Waals surface area (Å²) < 4.78 is 2.32. The number of rotatable bonds is 2. The standard InChI is InChI=1S/C15H20N4/c16-15-9-12(7-8-18-15)14-10-17-11-19(14)13-5-3-1-2-4-6-13/h7-11,13H,1-6H2,(H2,16,18). The van der Waals surface area contributed by atoms with Crippen LogP contribution in [-0.2, 0) is 0 Å². The molecular weight excluding hydrogens is 236 g/mol. The van der Waals surface area contributed by atoms with Gasteiger partial charge in [-0.05, 0) is 25.0 Å². The summed E-state index contributed by atoms with van der Waals surface area (Å²) in [7, 11) is 0. The van der Waals surface area contributed by atoms with Crippen molar-refractivity contribution in [3.8, 4) is 11.3 Å². The van der Waals surface area contributed by atoms with Crippen LogP contribution in [0.3, 0.4) is 0 Å². The number of nitrogens with two attached hydrogens (primary N) is 1. The molecule has 2 N–H and O–H groups in total. The van der Waals surface area contributed by atoms with E-state index in [0.29, 0.717) is 11.9 Å². The van der Waals surface area contributed by atoms with E-state index in [2.05, 4.69) is 14.5 Å². The number of anilines is 1. The molecule has 19 heavy (non-hydrogen) atoms. The first kappa shape index (κ1) is 12.2. The van der Waals surface area contributed by atoms with Crippen LogP contribution in [0.1, 0.15) is 44.6 Å². The van der Waals surface area contributed by atoms with Crippen molar-refractivity contribution in [1.82, 2.24) is 14.5 Å². The lowest BCUT2D eigenvalue weighted by Crippen LogP contribution is -2.08. The third kappa shape index (κ3) is 2.62. The zero-order valence-corrected chi connectivity index (χ0v) is 11.1. The van der Waals surface area contributed by atoms with Crippen molar-refractivity contribution < 1.29 is 0 Å². The Bertz CT molecular complexity index is 539. The van der Waals surface area contributed by atoms with Crippen molar-refractivity contribution in [2.75, 3.05) is 5.73 Å². The quantitative estimate of drug-likeness (QED) is 0.837. The van der Waals surface area contributed by atoms with Crippen molar-refractivity contribution in [3.63, 3.8) is 0 Å². The molecule has 3 rings (SSSR count). The fourth-order valence-corrected chi connectivity index (χ4v) is 2.96. The minimum absolute atomic E-state index is 0.561. The van der Waals surface area contributed by atoms with Gasteiger partial charge in [-0.2, -0.15) is 0 Å². The maximum Gasteiger partial charge on any atom is 0.123 e. The molecule has 0 aromatic carbocycles. The predicted octanol–water partition coefficient (Wildman–Crippen LogP) is 3.42. The van der Waals surface area contributed by atoms with Gasteiger partial charge in [-0.25, -0.2) is 9.97 Å². The van der Waals surface area contributed by atoms with Gasteiger partial charge >= 0.3 is 0 Å². The minimum Gasteiger partial charge on any atom is -0.384 e. The molecule has 0 bridgehead atoms. The molecule has 100 valence electrons. The van der Waals surface area contributed by atoms with Gasteiger partial charge in [0.1, 0.15) is 5.82 Å². The molecule has 0 radical (unpaired) electrons. The van der Waals surface area contributed by atoms with Gasteiger partial charge in [0.2, 0.25) is 0 Å². The molecule has 4 heteroatoms. The molecule has 0 amide bonds. The summed E-state index contributed by atoms with van der Waals surface area (Å²) in [5.74, 6) is 0.561. The number of aromatic nitrogens is 3. The molecule has 2 aromatic rings. The molecule has 0 spiro atoms. The SMILES string of the molecule is Nc1cc(-c2cncn2C2CCCCCC2)ccn1. The van der Waals surface area contributed by atoms with Crippen LogP contribution < -0.4 is 5.73 Å². The highest BCUT2D eigenvalue weighted by atomic mass is 15.1. The Morgan fingerprint density at radius 1 is 1.16 bits per heavy atom. The van der Waals surface area contributed by atoms with Gasteiger partial charge in [0.15, 0.2) is 0 Å². The lowest BCUT2D eigenvalue weighted by molar-refractivity contribution is 0.447. The maximum absolute atomic E-state index is 5.78. The Labute approximate surface area is 113 Å². The summed E-state index contributed by atoms with van der Waals surface area (Å²) in [5, 5.41) is 0. The van der Waals surface area contributed by atoms with Crippen molar-refractivity contribution in [2.45, 2.75) is 44.6 Å². The van der Waals surface area contributed by atoms with Crippen LogP contribution in [0.5, 0.6) is 0 Å². The summed E-state index contributed by atoms with van der Waals surface area (Å²) >= 11 is 0. The third-order valence-electron chi connectivity index (χ3n) is 3.96. The molecule has 0 atom stereocenters. The van der Waals surface area contributed by atoms with E-state index in [1.165, 1.54) is 38.5 Å². The fourth-order valence-electron chi connectivity index (χ4n) is 2.96. The summed E-state index contributed by atoms with van der Waals surface area (Å²) in [6.45, 7) is 0. The van der Waals surface area contributed by atoms with E-state index >= 15 is 0 Å². The van der Waals surface area contributed by atoms with Gasteiger partial charge < -0.3 is 10.3 Å². The molecule has 1 saturated carbocycles. The second kappa shape index (κ2) is 5.43. The van der Waals surface area contributed by atoms with Crippen molar-refractivity contribution >= 4 is 5.82 Å². The normalized spacial score (nSPS) is 17.3. The van der Waals surface area contributed by atoms with E-state index in [9.17, 15) is 0 Å². The molecule has 2 aromatic heterocycles. The van der Waals surface area contributed by atoms with Crippen LogP contribution >= 0.6 is 0 Å². The van der Waals surface area contributed by atoms with Crippen LogP contribution in [0.4, 0.5) is 5.82 Å². The minimum atomic E-state index is 0.561. The topological polar surface area (TPSA) is 56.7 Å². The highest BCUT2D eigenvalue weighted by molar-refractivity contribution is 5.61. The Morgan fingerprint density at radius 2 is 1.95 bits per heavy atom. The molecule has 0 unspecified atom stereocenters. The highest BCUT2D eigenvalue weighted by Crippen LogP contribution is 2.31. The van der Waals surface area contributed by atoms with E-state index in [1.54, 1.807) is 6.20 Å². The van der Waals surface area contributed by atoms with Gasteiger partial charge in [-0.1, -0.05) is 25.7 Å². The van der Waals surface area contributed by atoms with E-state index < -0.39 is 0 Å². The zero-order chi connectivity index (χ0) is 13.1. The number of imidazole rings is 1. The molecule has 1 aliphatic carbocycles. The largest absolute Gasteiger partial charge is 0.384 e. The van der Waals surface area contributed by atoms with Crippen LogP contribution in [0.15, 0.2) is 30.9 Å². The Kier molecular flexibility index (Phi) is 3.49. The summed E-state index contributed by atoms with van der Waals surface area (Å²) in [5.41, 5.74) is 8.04. The van der Waals surface area contributed by atoms with Crippen LogP contribution in [0, 0.1) is 0 Å². The fraction of sp³-hybridized carbons (Fsp3) is 0.467. The number of hydrogen-bond acceptors (Lipinski definition) is 3. The van der Waals surface area contributed by atoms with Gasteiger partial charge in [-0.3, -0.25) is 0 Å². The van der Waals surface area contributed by atoms with Crippen molar-refractivity contribution in [2.24, 2.45) is 0 Å². The lowest BCUT2D eigenvalue weighted by Gasteiger charge is -2.19. The highest BCUT2D eigenvalue weighted by Gasteiger charge is 2.17. The second-order valence-corrected chi connectivity index (χ2v) is 5.30. The van der Waals surface area contributed by atoms with E-state index in [0.717, 1.165) is 11.3 Å². The van der Waals surface area contributed by atoms with Crippen molar-refractivity contribution in [1.29, 1.82) is 0 Å². The van der Waals surface area contributed by atoms with Crippen molar-refractivity contribution in [3.05, 3.63) is 30.9 Å². The Balaban J connectivity index is 1.93. The number of nitrogens with zero attached hydrogens (tertiary/aromatic N) is 3. The predicted molar refractivity (Wildman–Crippen MR) is 76.6 cm³/mol. The Morgan fingerprint density at radius 3 is 2.68 bits per heavy atom. The monoisotopic (exact) mass is 256 g/mol. The molecule has 0 saturated heterocycles. The van der Waals surface area contributed by atoms with E-state index in [1.807, 2.05) is 24.7 Å². The summed E-state index contributed by atoms with van der Waals surface area (Å²) in [6.07, 6.45) is 13.5. The van der Waals surface area contributed by atoms with Gasteiger partial charge in [0, 0.05) is 17.8 Å². The molecule has 1 aliphatic rings. The van der Waals surface area contributed by atoms with Crippen LogP contribution in [-0.4, -0.2) is 14.5 Å². The molecule has 0 aliphatic heterocycles. The smallest absolute Gasteiger partial charge is 0.123 e. The molecule has 1 fully saturated rings. The summed E-state index contributed by atoms with van der Waals surface area (Å²) in [6, 6.07) is 4.50. The average molecular weight is 256 g/mol. The average Bonchev–Trinajstić information content (AvgIpc) is 2.75. The molecule has 2 heterocycles. The first-order chi connectivity index (χ1) is 9.34. The van der Waals surface area contributed by atoms with E-state index in [4.69, 9.17) is 5.73 Å². The molecule has 4 nitrogen and oxygen atoms in total. The maximum atomic E-state index is 5.78. The van der Waals surface area contributed by atoms with Crippen LogP contribution in [0.2, 0.25) is 0 Å². The van der Waals surface area contributed by atoms with Gasteiger partial charge in [0.05, 0.1) is 18.2 Å². The second-order valence-electron chi connectivity index (χ2n) is 5.30. The Hall–Kier alpha value is -1.84. The van der Waals surface area contributed by atoms with E-state index in [-0.39, 0.29) is 0 Å². The first-order valence-corrected chi connectivity index (χ1v) is 7.08. The summed E-state index contributed by atoms with van der Waals surface area (Å²) in [4.78, 5) is 8.39. The van der Waals surface area contributed by atoms with Gasteiger partial charge in [0.25, 0.3) is 0 Å². The first-order valence-electron chi connectivity index (χ1n) is 7.08.